The van der Waals surface area contributed by atoms with Crippen LogP contribution in [0.1, 0.15) is 40.6 Å². The third kappa shape index (κ3) is 2.16. The second-order valence-corrected chi connectivity index (χ2v) is 6.81. The molecule has 5 heteroatoms. The van der Waals surface area contributed by atoms with Crippen LogP contribution in [0.3, 0.4) is 0 Å². The minimum Gasteiger partial charge on any atom is -0.361 e. The summed E-state index contributed by atoms with van der Waals surface area (Å²) < 4.78 is 1.81. The first-order chi connectivity index (χ1) is 9.81. The lowest BCUT2D eigenvalue weighted by Gasteiger charge is -2.07. The van der Waals surface area contributed by atoms with E-state index in [0.29, 0.717) is 18.4 Å². The molecule has 0 amide bonds. The fourth-order valence-electron chi connectivity index (χ4n) is 2.83. The molecule has 0 bridgehead atoms. The van der Waals surface area contributed by atoms with Gasteiger partial charge in [0, 0.05) is 28.2 Å². The summed E-state index contributed by atoms with van der Waals surface area (Å²) in [4.78, 5) is 19.3. The minimum atomic E-state index is 0.0131. The number of thiophene rings is 1. The summed E-state index contributed by atoms with van der Waals surface area (Å²) in [5.41, 5.74) is 1.52. The normalized spacial score (nSPS) is 17.2. The number of hydrogen-bond acceptors (Lipinski definition) is 4. The maximum Gasteiger partial charge on any atom is 0.293 e. The first-order valence-corrected chi connectivity index (χ1v) is 8.04. The molecule has 1 fully saturated rings. The molecular weight excluding hydrogens is 270 g/mol. The smallest absolute Gasteiger partial charge is 0.293 e. The number of nitrogens with zero attached hydrogens (tertiary/aromatic N) is 2. The Morgan fingerprint density at radius 3 is 3.10 bits per heavy atom. The van der Waals surface area contributed by atoms with Crippen molar-refractivity contribution in [2.45, 2.75) is 44.7 Å². The standard InChI is InChI=1S/C15H17N3OS/c19-15-14(16-6-7-18(15)11-4-5-11)17-9-12-8-10-2-1-3-13(10)20-12/h6-8,11H,1-5,9H2,(H,16,17). The predicted molar refractivity (Wildman–Crippen MR) is 80.4 cm³/mol. The van der Waals surface area contributed by atoms with Crippen LogP contribution in [0.15, 0.2) is 23.3 Å². The molecule has 2 aromatic rings. The average Bonchev–Trinajstić information content (AvgIpc) is 3.06. The number of hydrogen-bond donors (Lipinski definition) is 1. The molecule has 104 valence electrons. The molecular formula is C15H17N3OS. The molecule has 0 atom stereocenters. The zero-order valence-corrected chi connectivity index (χ0v) is 12.1. The predicted octanol–water partition coefficient (Wildman–Crippen LogP) is 2.74. The summed E-state index contributed by atoms with van der Waals surface area (Å²) in [6.07, 6.45) is 9.46. The summed E-state index contributed by atoms with van der Waals surface area (Å²) in [7, 11) is 0. The molecule has 0 unspecified atom stereocenters. The fourth-order valence-corrected chi connectivity index (χ4v) is 4.04. The maximum absolute atomic E-state index is 12.3. The fraction of sp³-hybridized carbons (Fsp3) is 0.467. The monoisotopic (exact) mass is 287 g/mol. The molecule has 4 nitrogen and oxygen atoms in total. The van der Waals surface area contributed by atoms with Gasteiger partial charge >= 0.3 is 0 Å². The van der Waals surface area contributed by atoms with E-state index in [1.807, 2.05) is 15.9 Å². The first-order valence-electron chi connectivity index (χ1n) is 7.23. The molecule has 0 radical (unpaired) electrons. The van der Waals surface area contributed by atoms with Gasteiger partial charge < -0.3 is 9.88 Å². The number of aryl methyl sites for hydroxylation is 2. The van der Waals surface area contributed by atoms with E-state index in [1.165, 1.54) is 34.6 Å². The van der Waals surface area contributed by atoms with Crippen molar-refractivity contribution in [2.75, 3.05) is 5.32 Å². The lowest BCUT2D eigenvalue weighted by Crippen LogP contribution is -2.23. The lowest BCUT2D eigenvalue weighted by molar-refractivity contribution is 0.699. The van der Waals surface area contributed by atoms with Gasteiger partial charge in [-0.15, -0.1) is 11.3 Å². The zero-order valence-electron chi connectivity index (χ0n) is 11.3. The maximum atomic E-state index is 12.3. The van der Waals surface area contributed by atoms with Crippen LogP contribution >= 0.6 is 11.3 Å². The Kier molecular flexibility index (Phi) is 2.88. The topological polar surface area (TPSA) is 46.9 Å². The molecule has 1 N–H and O–H groups in total. The largest absolute Gasteiger partial charge is 0.361 e. The summed E-state index contributed by atoms with van der Waals surface area (Å²) in [6, 6.07) is 2.68. The molecule has 2 aliphatic rings. The van der Waals surface area contributed by atoms with Crippen molar-refractivity contribution in [1.82, 2.24) is 9.55 Å². The Hall–Kier alpha value is -1.62. The molecule has 1 saturated carbocycles. The van der Waals surface area contributed by atoms with Gasteiger partial charge in [0.1, 0.15) is 0 Å². The van der Waals surface area contributed by atoms with Gasteiger partial charge in [0.2, 0.25) is 0 Å². The number of aromatic nitrogens is 2. The quantitative estimate of drug-likeness (QED) is 0.940. The van der Waals surface area contributed by atoms with Crippen LogP contribution in [0.4, 0.5) is 5.82 Å². The highest BCUT2D eigenvalue weighted by Crippen LogP contribution is 2.33. The molecule has 2 aromatic heterocycles. The van der Waals surface area contributed by atoms with Crippen molar-refractivity contribution in [1.29, 1.82) is 0 Å². The second-order valence-electron chi connectivity index (χ2n) is 5.59. The second kappa shape index (κ2) is 4.74. The van der Waals surface area contributed by atoms with Gasteiger partial charge in [0.15, 0.2) is 5.82 Å². The molecule has 20 heavy (non-hydrogen) atoms. The van der Waals surface area contributed by atoms with Crippen LogP contribution in [-0.4, -0.2) is 9.55 Å². The molecule has 0 spiro atoms. The molecule has 0 saturated heterocycles. The molecule has 0 aromatic carbocycles. The Balaban J connectivity index is 1.51. The van der Waals surface area contributed by atoms with Gasteiger partial charge in [-0.05, 0) is 43.7 Å². The minimum absolute atomic E-state index is 0.0131. The van der Waals surface area contributed by atoms with Crippen molar-refractivity contribution >= 4 is 17.2 Å². The first kappa shape index (κ1) is 12.1. The zero-order chi connectivity index (χ0) is 13.5. The highest BCUT2D eigenvalue weighted by molar-refractivity contribution is 7.12. The van der Waals surface area contributed by atoms with Crippen molar-refractivity contribution in [2.24, 2.45) is 0 Å². The SMILES string of the molecule is O=c1c(NCc2cc3c(s2)CCC3)nccn1C1CC1. The van der Waals surface area contributed by atoms with E-state index in [1.54, 1.807) is 12.4 Å². The van der Waals surface area contributed by atoms with Crippen molar-refractivity contribution in [3.05, 3.63) is 44.1 Å². The third-order valence-corrected chi connectivity index (χ3v) is 5.27. The number of anilines is 1. The molecule has 2 aliphatic carbocycles. The molecule has 0 aliphatic heterocycles. The summed E-state index contributed by atoms with van der Waals surface area (Å²) in [5, 5.41) is 3.21. The summed E-state index contributed by atoms with van der Waals surface area (Å²) in [5.74, 6) is 0.480. The van der Waals surface area contributed by atoms with Gasteiger partial charge in [0.25, 0.3) is 5.56 Å². The van der Waals surface area contributed by atoms with Crippen LogP contribution in [-0.2, 0) is 19.4 Å². The van der Waals surface area contributed by atoms with E-state index in [9.17, 15) is 4.79 Å². The molecule has 2 heterocycles. The van der Waals surface area contributed by atoms with E-state index in [0.717, 1.165) is 12.8 Å². The average molecular weight is 287 g/mol. The number of nitrogens with one attached hydrogen (secondary N) is 1. The lowest BCUT2D eigenvalue weighted by atomic mass is 10.2. The van der Waals surface area contributed by atoms with E-state index >= 15 is 0 Å². The van der Waals surface area contributed by atoms with Gasteiger partial charge in [-0.25, -0.2) is 4.98 Å². The van der Waals surface area contributed by atoms with E-state index < -0.39 is 0 Å². The van der Waals surface area contributed by atoms with Crippen molar-refractivity contribution < 1.29 is 0 Å². The van der Waals surface area contributed by atoms with Crippen LogP contribution in [0.5, 0.6) is 0 Å². The Bertz CT molecular complexity index is 678. The summed E-state index contributed by atoms with van der Waals surface area (Å²) >= 11 is 1.87. The third-order valence-electron chi connectivity index (χ3n) is 4.04. The highest BCUT2D eigenvalue weighted by atomic mass is 32.1. The van der Waals surface area contributed by atoms with E-state index in [4.69, 9.17) is 0 Å². The summed E-state index contributed by atoms with van der Waals surface area (Å²) in [6.45, 7) is 0.703. The van der Waals surface area contributed by atoms with Gasteiger partial charge in [-0.1, -0.05) is 0 Å². The Morgan fingerprint density at radius 2 is 2.30 bits per heavy atom. The van der Waals surface area contributed by atoms with Gasteiger partial charge in [0.05, 0.1) is 6.54 Å². The van der Waals surface area contributed by atoms with E-state index in [2.05, 4.69) is 16.4 Å². The number of fused-ring (bicyclic) bond motifs is 1. The van der Waals surface area contributed by atoms with Crippen LogP contribution in [0.25, 0.3) is 0 Å². The van der Waals surface area contributed by atoms with E-state index in [-0.39, 0.29) is 5.56 Å². The molecule has 4 rings (SSSR count). The number of rotatable bonds is 4. The van der Waals surface area contributed by atoms with Crippen LogP contribution < -0.4 is 10.9 Å². The van der Waals surface area contributed by atoms with Gasteiger partial charge in [-0.3, -0.25) is 4.79 Å². The van der Waals surface area contributed by atoms with Gasteiger partial charge in [-0.2, -0.15) is 0 Å². The Morgan fingerprint density at radius 1 is 1.40 bits per heavy atom. The highest BCUT2D eigenvalue weighted by Gasteiger charge is 2.25. The van der Waals surface area contributed by atoms with Crippen LogP contribution in [0, 0.1) is 0 Å². The van der Waals surface area contributed by atoms with Crippen LogP contribution in [0.2, 0.25) is 0 Å². The Labute approximate surface area is 121 Å². The van der Waals surface area contributed by atoms with Crippen molar-refractivity contribution in [3.63, 3.8) is 0 Å². The van der Waals surface area contributed by atoms with Crippen molar-refractivity contribution in [3.8, 4) is 0 Å².